The molecule has 0 spiro atoms. The molecular formula is C24H26O5. The number of carbonyl (C=O) groups excluding carboxylic acids is 3. The first-order valence-corrected chi connectivity index (χ1v) is 9.39. The summed E-state index contributed by atoms with van der Waals surface area (Å²) in [5.41, 5.74) is 2.11. The van der Waals surface area contributed by atoms with Crippen molar-refractivity contribution >= 4 is 17.5 Å². The molecule has 0 atom stereocenters. The molecule has 0 saturated carbocycles. The fourth-order valence-corrected chi connectivity index (χ4v) is 2.60. The summed E-state index contributed by atoms with van der Waals surface area (Å²) in [6.45, 7) is 9.92. The van der Waals surface area contributed by atoms with Gasteiger partial charge in [-0.05, 0) is 35.2 Å². The second-order valence-electron chi connectivity index (χ2n) is 7.59. The van der Waals surface area contributed by atoms with Crippen LogP contribution in [-0.2, 0) is 14.9 Å². The van der Waals surface area contributed by atoms with E-state index in [1.165, 1.54) is 0 Å². The summed E-state index contributed by atoms with van der Waals surface area (Å²) in [5, 5.41) is 0. The van der Waals surface area contributed by atoms with Gasteiger partial charge in [0.25, 0.3) is 0 Å². The molecule has 0 amide bonds. The standard InChI is InChI=1S/C24H26O5/c1-5-23(27)29-15-14-28-20-12-8-18(9-13-20)22(26)16-21(25)17-6-10-19(11-7-17)24(2,3)4/h5-13H,1,14-16H2,2-4H3. The van der Waals surface area contributed by atoms with Crippen LogP contribution in [0, 0.1) is 0 Å². The van der Waals surface area contributed by atoms with E-state index in [9.17, 15) is 14.4 Å². The van der Waals surface area contributed by atoms with Crippen molar-refractivity contribution in [1.29, 1.82) is 0 Å². The average molecular weight is 394 g/mol. The van der Waals surface area contributed by atoms with Crippen molar-refractivity contribution < 1.29 is 23.9 Å². The number of rotatable bonds is 9. The molecule has 29 heavy (non-hydrogen) atoms. The number of ketones is 2. The van der Waals surface area contributed by atoms with Gasteiger partial charge in [-0.15, -0.1) is 0 Å². The van der Waals surface area contributed by atoms with Crippen LogP contribution in [0.4, 0.5) is 0 Å². The van der Waals surface area contributed by atoms with Gasteiger partial charge in [0.1, 0.15) is 19.0 Å². The molecule has 152 valence electrons. The van der Waals surface area contributed by atoms with Crippen LogP contribution in [0.5, 0.6) is 5.75 Å². The molecule has 0 aliphatic heterocycles. The fraction of sp³-hybridized carbons (Fsp3) is 0.292. The maximum Gasteiger partial charge on any atom is 0.330 e. The maximum absolute atomic E-state index is 12.4. The SMILES string of the molecule is C=CC(=O)OCCOc1ccc(C(=O)CC(=O)c2ccc(C(C)(C)C)cc2)cc1. The summed E-state index contributed by atoms with van der Waals surface area (Å²) in [6.07, 6.45) is 0.896. The van der Waals surface area contributed by atoms with E-state index in [2.05, 4.69) is 27.4 Å². The molecule has 0 aromatic heterocycles. The number of benzene rings is 2. The third-order valence-corrected chi connectivity index (χ3v) is 4.33. The Morgan fingerprint density at radius 3 is 1.86 bits per heavy atom. The number of ether oxygens (including phenoxy) is 2. The van der Waals surface area contributed by atoms with Crippen LogP contribution in [-0.4, -0.2) is 30.7 Å². The van der Waals surface area contributed by atoms with Gasteiger partial charge in [0, 0.05) is 17.2 Å². The monoisotopic (exact) mass is 394 g/mol. The Morgan fingerprint density at radius 2 is 1.38 bits per heavy atom. The minimum absolute atomic E-state index is 0.00845. The summed E-state index contributed by atoms with van der Waals surface area (Å²) in [5.74, 6) is -0.422. The molecule has 5 heteroatoms. The van der Waals surface area contributed by atoms with E-state index in [-0.39, 0.29) is 36.6 Å². The van der Waals surface area contributed by atoms with Gasteiger partial charge in [0.15, 0.2) is 11.6 Å². The van der Waals surface area contributed by atoms with Gasteiger partial charge in [0.05, 0.1) is 6.42 Å². The number of esters is 1. The Morgan fingerprint density at radius 1 is 0.862 bits per heavy atom. The molecule has 2 aromatic carbocycles. The normalized spacial score (nSPS) is 10.9. The minimum atomic E-state index is -0.507. The molecule has 2 rings (SSSR count). The van der Waals surface area contributed by atoms with Gasteiger partial charge < -0.3 is 9.47 Å². The average Bonchev–Trinajstić information content (AvgIpc) is 2.70. The Labute approximate surface area is 171 Å². The first-order valence-electron chi connectivity index (χ1n) is 9.39. The predicted octanol–water partition coefficient (Wildman–Crippen LogP) is 4.55. The van der Waals surface area contributed by atoms with Crippen molar-refractivity contribution in [2.75, 3.05) is 13.2 Å². The fourth-order valence-electron chi connectivity index (χ4n) is 2.60. The lowest BCUT2D eigenvalue weighted by atomic mass is 9.86. The van der Waals surface area contributed by atoms with Crippen LogP contribution in [0.3, 0.4) is 0 Å². The lowest BCUT2D eigenvalue weighted by Crippen LogP contribution is -2.12. The van der Waals surface area contributed by atoms with Crippen molar-refractivity contribution in [2.45, 2.75) is 32.6 Å². The summed E-state index contributed by atoms with van der Waals surface area (Å²) in [4.78, 5) is 35.8. The molecule has 0 radical (unpaired) electrons. The van der Waals surface area contributed by atoms with E-state index in [1.54, 1.807) is 36.4 Å². The van der Waals surface area contributed by atoms with Gasteiger partial charge in [-0.25, -0.2) is 4.79 Å². The van der Waals surface area contributed by atoms with Crippen molar-refractivity contribution in [3.8, 4) is 5.75 Å². The van der Waals surface area contributed by atoms with Gasteiger partial charge in [0.2, 0.25) is 0 Å². The molecule has 0 saturated heterocycles. The van der Waals surface area contributed by atoms with Crippen molar-refractivity contribution in [3.05, 3.63) is 77.9 Å². The first kappa shape index (κ1) is 22.1. The zero-order valence-electron chi connectivity index (χ0n) is 17.1. The molecule has 0 unspecified atom stereocenters. The van der Waals surface area contributed by atoms with E-state index in [0.29, 0.717) is 16.9 Å². The quantitative estimate of drug-likeness (QED) is 0.205. The van der Waals surface area contributed by atoms with Gasteiger partial charge in [-0.3, -0.25) is 9.59 Å². The Balaban J connectivity index is 1.89. The van der Waals surface area contributed by atoms with Gasteiger partial charge >= 0.3 is 5.97 Å². The molecule has 2 aromatic rings. The smallest absolute Gasteiger partial charge is 0.330 e. The molecule has 0 aliphatic carbocycles. The van der Waals surface area contributed by atoms with Gasteiger partial charge in [-0.1, -0.05) is 51.6 Å². The highest BCUT2D eigenvalue weighted by Gasteiger charge is 2.16. The number of hydrogen-bond donors (Lipinski definition) is 0. The van der Waals surface area contributed by atoms with Crippen LogP contribution in [0.15, 0.2) is 61.2 Å². The Kier molecular flexibility index (Phi) is 7.48. The molecule has 5 nitrogen and oxygen atoms in total. The van der Waals surface area contributed by atoms with E-state index in [4.69, 9.17) is 9.47 Å². The second kappa shape index (κ2) is 9.82. The number of carbonyl (C=O) groups is 3. The Hall–Kier alpha value is -3.21. The van der Waals surface area contributed by atoms with Gasteiger partial charge in [-0.2, -0.15) is 0 Å². The molecule has 0 bridgehead atoms. The van der Waals surface area contributed by atoms with E-state index < -0.39 is 5.97 Å². The van der Waals surface area contributed by atoms with Crippen molar-refractivity contribution in [1.82, 2.24) is 0 Å². The van der Waals surface area contributed by atoms with Crippen LogP contribution in [0.25, 0.3) is 0 Å². The first-order chi connectivity index (χ1) is 13.7. The lowest BCUT2D eigenvalue weighted by Gasteiger charge is -2.18. The molecular weight excluding hydrogens is 368 g/mol. The number of hydrogen-bond acceptors (Lipinski definition) is 5. The third kappa shape index (κ3) is 6.71. The lowest BCUT2D eigenvalue weighted by molar-refractivity contribution is -0.138. The summed E-state index contributed by atoms with van der Waals surface area (Å²) in [6, 6.07) is 13.9. The summed E-state index contributed by atoms with van der Waals surface area (Å²) < 4.78 is 10.2. The molecule has 0 fully saturated rings. The van der Waals surface area contributed by atoms with Crippen LogP contribution in [0.2, 0.25) is 0 Å². The molecule has 0 heterocycles. The minimum Gasteiger partial charge on any atom is -0.490 e. The summed E-state index contributed by atoms with van der Waals surface area (Å²) >= 11 is 0. The zero-order chi connectivity index (χ0) is 21.4. The van der Waals surface area contributed by atoms with Crippen molar-refractivity contribution in [2.24, 2.45) is 0 Å². The Bertz CT molecular complexity index is 871. The summed E-state index contributed by atoms with van der Waals surface area (Å²) in [7, 11) is 0. The van der Waals surface area contributed by atoms with E-state index in [1.807, 2.05) is 12.1 Å². The van der Waals surface area contributed by atoms with E-state index in [0.717, 1.165) is 11.6 Å². The largest absolute Gasteiger partial charge is 0.490 e. The van der Waals surface area contributed by atoms with Crippen LogP contribution in [0.1, 0.15) is 53.5 Å². The van der Waals surface area contributed by atoms with Crippen LogP contribution < -0.4 is 4.74 Å². The highest BCUT2D eigenvalue weighted by atomic mass is 16.6. The van der Waals surface area contributed by atoms with Crippen LogP contribution >= 0.6 is 0 Å². The topological polar surface area (TPSA) is 69.7 Å². The third-order valence-electron chi connectivity index (χ3n) is 4.33. The zero-order valence-corrected chi connectivity index (χ0v) is 17.1. The highest BCUT2D eigenvalue weighted by Crippen LogP contribution is 2.23. The van der Waals surface area contributed by atoms with Crippen molar-refractivity contribution in [3.63, 3.8) is 0 Å². The molecule has 0 N–H and O–H groups in total. The van der Waals surface area contributed by atoms with E-state index >= 15 is 0 Å². The highest BCUT2D eigenvalue weighted by molar-refractivity contribution is 6.13. The second-order valence-corrected chi connectivity index (χ2v) is 7.59. The maximum atomic E-state index is 12.4. The molecule has 0 aliphatic rings. The predicted molar refractivity (Wildman–Crippen MR) is 112 cm³/mol. The number of Topliss-reactive ketones (excluding diaryl/α,β-unsaturated/α-hetero) is 2.